The molecule has 0 aliphatic carbocycles. The van der Waals surface area contributed by atoms with Gasteiger partial charge < -0.3 is 9.47 Å². The van der Waals surface area contributed by atoms with E-state index in [0.717, 1.165) is 6.42 Å². The van der Waals surface area contributed by atoms with Gasteiger partial charge in [-0.15, -0.1) is 0 Å². The number of ether oxygens (including phenoxy) is 2. The number of sulfonamides is 1. The SMILES string of the molecule is CCC1CN(S(=O)(=O)c2ccc(OC(C)C)cc2)c2ccccc2O1. The minimum atomic E-state index is -3.67. The molecule has 0 aromatic heterocycles. The van der Waals surface area contributed by atoms with Crippen molar-refractivity contribution < 1.29 is 17.9 Å². The molecule has 0 saturated heterocycles. The van der Waals surface area contributed by atoms with Crippen molar-refractivity contribution in [2.24, 2.45) is 0 Å². The number of nitrogens with zero attached hydrogens (tertiary/aromatic N) is 1. The molecule has 25 heavy (non-hydrogen) atoms. The lowest BCUT2D eigenvalue weighted by molar-refractivity contribution is 0.195. The summed E-state index contributed by atoms with van der Waals surface area (Å²) in [4.78, 5) is 0.246. The molecule has 1 aliphatic heterocycles. The van der Waals surface area contributed by atoms with Crippen LogP contribution in [0, 0.1) is 0 Å². The van der Waals surface area contributed by atoms with Crippen molar-refractivity contribution in [2.45, 2.75) is 44.3 Å². The van der Waals surface area contributed by atoms with E-state index in [1.54, 1.807) is 36.4 Å². The largest absolute Gasteiger partial charge is 0.491 e. The quantitative estimate of drug-likeness (QED) is 0.812. The highest BCUT2D eigenvalue weighted by molar-refractivity contribution is 7.92. The zero-order chi connectivity index (χ0) is 18.0. The molecule has 0 spiro atoms. The van der Waals surface area contributed by atoms with Crippen LogP contribution in [0.2, 0.25) is 0 Å². The molecule has 5 nitrogen and oxygen atoms in total. The summed E-state index contributed by atoms with van der Waals surface area (Å²) in [6, 6.07) is 13.8. The van der Waals surface area contributed by atoms with Gasteiger partial charge in [-0.1, -0.05) is 19.1 Å². The Morgan fingerprint density at radius 1 is 1.16 bits per heavy atom. The van der Waals surface area contributed by atoms with Gasteiger partial charge in [-0.3, -0.25) is 4.31 Å². The predicted octanol–water partition coefficient (Wildman–Crippen LogP) is 3.84. The van der Waals surface area contributed by atoms with Gasteiger partial charge in [-0.2, -0.15) is 0 Å². The molecule has 0 radical (unpaired) electrons. The Bertz CT molecular complexity index is 831. The number of para-hydroxylation sites is 2. The van der Waals surface area contributed by atoms with Crippen LogP contribution in [0.25, 0.3) is 0 Å². The van der Waals surface area contributed by atoms with Crippen LogP contribution >= 0.6 is 0 Å². The third kappa shape index (κ3) is 3.58. The van der Waals surface area contributed by atoms with Crippen LogP contribution in [0.1, 0.15) is 27.2 Å². The van der Waals surface area contributed by atoms with E-state index >= 15 is 0 Å². The lowest BCUT2D eigenvalue weighted by Crippen LogP contribution is -2.43. The molecular weight excluding hydrogens is 338 g/mol. The standard InChI is InChI=1S/C19H23NO4S/c1-4-15-13-20(18-7-5-6-8-19(18)24-15)25(21,22)17-11-9-16(10-12-17)23-14(2)3/h5-12,14-15H,4,13H2,1-3H3. The van der Waals surface area contributed by atoms with Crippen LogP contribution in [0.15, 0.2) is 53.4 Å². The Morgan fingerprint density at radius 2 is 1.84 bits per heavy atom. The predicted molar refractivity (Wildman–Crippen MR) is 97.9 cm³/mol. The second kappa shape index (κ2) is 6.96. The van der Waals surface area contributed by atoms with E-state index in [2.05, 4.69) is 0 Å². The molecule has 0 N–H and O–H groups in total. The van der Waals surface area contributed by atoms with Gasteiger partial charge >= 0.3 is 0 Å². The van der Waals surface area contributed by atoms with Gasteiger partial charge in [0.25, 0.3) is 10.0 Å². The Hall–Kier alpha value is -2.21. The maximum atomic E-state index is 13.2. The van der Waals surface area contributed by atoms with Crippen LogP contribution in [0.4, 0.5) is 5.69 Å². The van der Waals surface area contributed by atoms with Crippen molar-refractivity contribution in [2.75, 3.05) is 10.8 Å². The molecule has 2 aromatic rings. The molecule has 1 heterocycles. The Balaban J connectivity index is 1.96. The van der Waals surface area contributed by atoms with Gasteiger partial charge in [0.05, 0.1) is 23.2 Å². The van der Waals surface area contributed by atoms with Crippen molar-refractivity contribution in [3.63, 3.8) is 0 Å². The van der Waals surface area contributed by atoms with Gasteiger partial charge in [-0.25, -0.2) is 8.42 Å². The topological polar surface area (TPSA) is 55.8 Å². The maximum absolute atomic E-state index is 13.2. The summed E-state index contributed by atoms with van der Waals surface area (Å²) in [7, 11) is -3.67. The third-order valence-electron chi connectivity index (χ3n) is 4.04. The lowest BCUT2D eigenvalue weighted by Gasteiger charge is -2.35. The maximum Gasteiger partial charge on any atom is 0.264 e. The third-order valence-corrected chi connectivity index (χ3v) is 5.83. The second-order valence-corrected chi connectivity index (χ2v) is 8.15. The first-order valence-electron chi connectivity index (χ1n) is 8.47. The van der Waals surface area contributed by atoms with Crippen molar-refractivity contribution in [3.05, 3.63) is 48.5 Å². The molecule has 6 heteroatoms. The summed E-state index contributed by atoms with van der Waals surface area (Å²) in [6.45, 7) is 6.15. The van der Waals surface area contributed by atoms with E-state index in [4.69, 9.17) is 9.47 Å². The van der Waals surface area contributed by atoms with Crippen molar-refractivity contribution in [3.8, 4) is 11.5 Å². The number of hydrogen-bond acceptors (Lipinski definition) is 4. The van der Waals surface area contributed by atoms with Crippen LogP contribution < -0.4 is 13.8 Å². The summed E-state index contributed by atoms with van der Waals surface area (Å²) in [5, 5.41) is 0. The number of benzene rings is 2. The summed E-state index contributed by atoms with van der Waals surface area (Å²) >= 11 is 0. The van der Waals surface area contributed by atoms with Gasteiger partial charge in [0.15, 0.2) is 0 Å². The van der Waals surface area contributed by atoms with Crippen LogP contribution in [0.3, 0.4) is 0 Å². The Labute approximate surface area is 149 Å². The molecule has 1 atom stereocenters. The van der Waals surface area contributed by atoms with E-state index in [1.165, 1.54) is 4.31 Å². The van der Waals surface area contributed by atoms with E-state index in [9.17, 15) is 8.42 Å². The number of fused-ring (bicyclic) bond motifs is 1. The minimum Gasteiger partial charge on any atom is -0.491 e. The lowest BCUT2D eigenvalue weighted by atomic mass is 10.2. The molecule has 0 fully saturated rings. The first kappa shape index (κ1) is 17.6. The zero-order valence-corrected chi connectivity index (χ0v) is 15.5. The van der Waals surface area contributed by atoms with Crippen LogP contribution in [-0.2, 0) is 10.0 Å². The highest BCUT2D eigenvalue weighted by atomic mass is 32.2. The fraction of sp³-hybridized carbons (Fsp3) is 0.368. The highest BCUT2D eigenvalue weighted by Crippen LogP contribution is 2.37. The normalized spacial score (nSPS) is 17.1. The molecule has 3 rings (SSSR count). The smallest absolute Gasteiger partial charge is 0.264 e. The fourth-order valence-corrected chi connectivity index (χ4v) is 4.30. The summed E-state index contributed by atoms with van der Waals surface area (Å²) in [5.74, 6) is 1.26. The number of hydrogen-bond donors (Lipinski definition) is 0. The second-order valence-electron chi connectivity index (χ2n) is 6.29. The van der Waals surface area contributed by atoms with E-state index < -0.39 is 10.0 Å². The molecule has 0 amide bonds. The molecule has 1 unspecified atom stereocenters. The Kier molecular flexibility index (Phi) is 4.90. The molecule has 0 bridgehead atoms. The van der Waals surface area contributed by atoms with Gasteiger partial charge in [0.1, 0.15) is 17.6 Å². The fourth-order valence-electron chi connectivity index (χ4n) is 2.79. The monoisotopic (exact) mass is 361 g/mol. The van der Waals surface area contributed by atoms with E-state index in [1.807, 2.05) is 32.9 Å². The van der Waals surface area contributed by atoms with Crippen molar-refractivity contribution >= 4 is 15.7 Å². The average Bonchev–Trinajstić information content (AvgIpc) is 2.60. The van der Waals surface area contributed by atoms with Crippen molar-refractivity contribution in [1.82, 2.24) is 0 Å². The molecule has 134 valence electrons. The first-order chi connectivity index (χ1) is 11.9. The number of rotatable bonds is 5. The molecule has 1 aliphatic rings. The summed E-state index contributed by atoms with van der Waals surface area (Å²) in [6.07, 6.45) is 0.619. The molecular formula is C19H23NO4S. The van der Waals surface area contributed by atoms with Gasteiger partial charge in [0, 0.05) is 0 Å². The van der Waals surface area contributed by atoms with E-state index in [0.29, 0.717) is 23.7 Å². The van der Waals surface area contributed by atoms with E-state index in [-0.39, 0.29) is 17.1 Å². The minimum absolute atomic E-state index is 0.0406. The summed E-state index contributed by atoms with van der Waals surface area (Å²) < 4.78 is 39.3. The van der Waals surface area contributed by atoms with Crippen LogP contribution in [-0.4, -0.2) is 27.2 Å². The first-order valence-corrected chi connectivity index (χ1v) is 9.91. The highest BCUT2D eigenvalue weighted by Gasteiger charge is 2.33. The number of anilines is 1. The van der Waals surface area contributed by atoms with Crippen LogP contribution in [0.5, 0.6) is 11.5 Å². The van der Waals surface area contributed by atoms with Gasteiger partial charge in [0.2, 0.25) is 0 Å². The Morgan fingerprint density at radius 3 is 2.48 bits per heavy atom. The average molecular weight is 361 g/mol. The van der Waals surface area contributed by atoms with Gasteiger partial charge in [-0.05, 0) is 56.7 Å². The van der Waals surface area contributed by atoms with Crippen molar-refractivity contribution in [1.29, 1.82) is 0 Å². The summed E-state index contributed by atoms with van der Waals surface area (Å²) in [5.41, 5.74) is 0.578. The molecule has 0 saturated carbocycles. The zero-order valence-electron chi connectivity index (χ0n) is 14.7. The molecule has 2 aromatic carbocycles.